The highest BCUT2D eigenvalue weighted by Gasteiger charge is 2.20. The maximum atomic E-state index is 13.0. The molecule has 0 unspecified atom stereocenters. The molecule has 1 N–H and O–H groups in total. The smallest absolute Gasteiger partial charge is 0.347 e. The van der Waals surface area contributed by atoms with E-state index < -0.39 is 30.4 Å². The highest BCUT2D eigenvalue weighted by molar-refractivity contribution is 5.82. The van der Waals surface area contributed by atoms with Gasteiger partial charge in [-0.05, 0) is 42.3 Å². The van der Waals surface area contributed by atoms with Gasteiger partial charge in [-0.2, -0.15) is 0 Å². The molecule has 3 aromatic carbocycles. The molecule has 154 valence electrons. The molecule has 0 spiro atoms. The van der Waals surface area contributed by atoms with E-state index in [2.05, 4.69) is 5.32 Å². The average molecular weight is 407 g/mol. The molecule has 0 fully saturated rings. The minimum absolute atomic E-state index is 0.332. The molecule has 0 aliphatic heterocycles. The van der Waals surface area contributed by atoms with Crippen LogP contribution in [0.25, 0.3) is 0 Å². The number of rotatable bonds is 8. The number of amides is 1. The Hall–Kier alpha value is -3.67. The topological polar surface area (TPSA) is 64.6 Å². The zero-order valence-electron chi connectivity index (χ0n) is 16.5. The normalized spacial score (nSPS) is 11.6. The lowest BCUT2D eigenvalue weighted by Crippen LogP contribution is -2.35. The number of carbonyl (C=O) groups excluding carboxylic acids is 2. The molecular formula is C24H22FNO4. The van der Waals surface area contributed by atoms with Crippen LogP contribution >= 0.6 is 0 Å². The first kappa shape index (κ1) is 21.0. The van der Waals surface area contributed by atoms with E-state index in [0.29, 0.717) is 5.75 Å². The van der Waals surface area contributed by atoms with Crippen LogP contribution in [-0.4, -0.2) is 24.6 Å². The Morgan fingerprint density at radius 1 is 0.867 bits per heavy atom. The van der Waals surface area contributed by atoms with E-state index in [1.807, 2.05) is 60.7 Å². The molecule has 3 aromatic rings. The van der Waals surface area contributed by atoms with Gasteiger partial charge < -0.3 is 14.8 Å². The molecule has 5 nitrogen and oxygen atoms in total. The highest BCUT2D eigenvalue weighted by atomic mass is 19.1. The fourth-order valence-corrected chi connectivity index (χ4v) is 2.87. The fraction of sp³-hybridized carbons (Fsp3) is 0.167. The van der Waals surface area contributed by atoms with Crippen LogP contribution in [0.2, 0.25) is 0 Å². The fourth-order valence-electron chi connectivity index (χ4n) is 2.87. The molecule has 0 heterocycles. The lowest BCUT2D eigenvalue weighted by atomic mass is 9.99. The van der Waals surface area contributed by atoms with Gasteiger partial charge in [0, 0.05) is 0 Å². The highest BCUT2D eigenvalue weighted by Crippen LogP contribution is 2.21. The Morgan fingerprint density at radius 2 is 1.40 bits per heavy atom. The summed E-state index contributed by atoms with van der Waals surface area (Å²) in [5.74, 6) is -1.19. The summed E-state index contributed by atoms with van der Waals surface area (Å²) in [6.07, 6.45) is -0.942. The molecule has 0 aromatic heterocycles. The minimum atomic E-state index is -0.942. The summed E-state index contributed by atoms with van der Waals surface area (Å²) in [5, 5.41) is 2.90. The third-order valence-corrected chi connectivity index (χ3v) is 4.38. The number of benzene rings is 3. The van der Waals surface area contributed by atoms with Crippen LogP contribution in [0.3, 0.4) is 0 Å². The first-order valence-corrected chi connectivity index (χ1v) is 9.51. The van der Waals surface area contributed by atoms with E-state index in [1.165, 1.54) is 31.2 Å². The number of hydrogen-bond donors (Lipinski definition) is 1. The molecule has 0 saturated heterocycles. The lowest BCUT2D eigenvalue weighted by Gasteiger charge is -2.20. The molecule has 0 saturated carbocycles. The van der Waals surface area contributed by atoms with Gasteiger partial charge in [0.1, 0.15) is 11.6 Å². The summed E-state index contributed by atoms with van der Waals surface area (Å²) >= 11 is 0. The molecule has 0 bridgehead atoms. The Morgan fingerprint density at radius 3 is 1.93 bits per heavy atom. The van der Waals surface area contributed by atoms with Gasteiger partial charge in [0.05, 0.1) is 6.04 Å². The Bertz CT molecular complexity index is 922. The molecular weight excluding hydrogens is 385 g/mol. The molecule has 30 heavy (non-hydrogen) atoms. The molecule has 6 heteroatoms. The minimum Gasteiger partial charge on any atom is -0.479 e. The first-order valence-electron chi connectivity index (χ1n) is 9.51. The molecule has 1 atom stereocenters. The van der Waals surface area contributed by atoms with Gasteiger partial charge in [0.15, 0.2) is 12.7 Å². The first-order chi connectivity index (χ1) is 14.5. The number of esters is 1. The molecule has 0 aliphatic carbocycles. The van der Waals surface area contributed by atoms with Crippen molar-refractivity contribution in [2.24, 2.45) is 0 Å². The van der Waals surface area contributed by atoms with Crippen molar-refractivity contribution in [3.05, 3.63) is 102 Å². The Kier molecular flexibility index (Phi) is 7.16. The summed E-state index contributed by atoms with van der Waals surface area (Å²) in [5.41, 5.74) is 1.83. The predicted octanol–water partition coefficient (Wildman–Crippen LogP) is 4.04. The summed E-state index contributed by atoms with van der Waals surface area (Å²) < 4.78 is 23.4. The van der Waals surface area contributed by atoms with Crippen LogP contribution in [0.5, 0.6) is 5.75 Å². The summed E-state index contributed by atoms with van der Waals surface area (Å²) in [6, 6.07) is 24.0. The van der Waals surface area contributed by atoms with Crippen molar-refractivity contribution in [1.29, 1.82) is 0 Å². The van der Waals surface area contributed by atoms with Crippen molar-refractivity contribution in [3.8, 4) is 5.75 Å². The third-order valence-electron chi connectivity index (χ3n) is 4.38. The zero-order valence-corrected chi connectivity index (χ0v) is 16.5. The molecule has 1 amide bonds. The molecule has 0 radical (unpaired) electrons. The monoisotopic (exact) mass is 407 g/mol. The number of hydrogen-bond acceptors (Lipinski definition) is 4. The number of nitrogens with one attached hydrogen (secondary N) is 1. The van der Waals surface area contributed by atoms with Crippen molar-refractivity contribution in [2.45, 2.75) is 19.1 Å². The maximum absolute atomic E-state index is 13.0. The van der Waals surface area contributed by atoms with E-state index in [9.17, 15) is 14.0 Å². The van der Waals surface area contributed by atoms with Crippen LogP contribution < -0.4 is 10.1 Å². The molecule has 0 aliphatic rings. The number of carbonyl (C=O) groups is 2. The largest absolute Gasteiger partial charge is 0.479 e. The van der Waals surface area contributed by atoms with Gasteiger partial charge >= 0.3 is 5.97 Å². The van der Waals surface area contributed by atoms with Crippen LogP contribution in [0.15, 0.2) is 84.9 Å². The van der Waals surface area contributed by atoms with Gasteiger partial charge in [-0.3, -0.25) is 4.79 Å². The van der Waals surface area contributed by atoms with Crippen LogP contribution in [0.1, 0.15) is 24.1 Å². The quantitative estimate of drug-likeness (QED) is 0.573. The van der Waals surface area contributed by atoms with Crippen molar-refractivity contribution < 1.29 is 23.5 Å². The third kappa shape index (κ3) is 5.91. The Balaban J connectivity index is 1.57. The SMILES string of the molecule is C[C@@H](Oc1ccc(F)cc1)C(=O)OCC(=O)NC(c1ccccc1)c1ccccc1. The lowest BCUT2D eigenvalue weighted by molar-refractivity contribution is -0.154. The zero-order chi connectivity index (χ0) is 21.3. The van der Waals surface area contributed by atoms with Crippen molar-refractivity contribution in [1.82, 2.24) is 5.32 Å². The maximum Gasteiger partial charge on any atom is 0.347 e. The van der Waals surface area contributed by atoms with E-state index in [0.717, 1.165) is 11.1 Å². The summed E-state index contributed by atoms with van der Waals surface area (Å²) in [4.78, 5) is 24.6. The van der Waals surface area contributed by atoms with E-state index in [1.54, 1.807) is 0 Å². The number of ether oxygens (including phenoxy) is 2. The van der Waals surface area contributed by atoms with Gasteiger partial charge in [0.25, 0.3) is 5.91 Å². The summed E-state index contributed by atoms with van der Waals surface area (Å²) in [6.45, 7) is 1.06. The standard InChI is InChI=1S/C24H22FNO4/c1-17(30-21-14-12-20(25)13-15-21)24(28)29-16-22(27)26-23(18-8-4-2-5-9-18)19-10-6-3-7-11-19/h2-15,17,23H,16H2,1H3,(H,26,27)/t17-/m1/s1. The number of halogens is 1. The average Bonchev–Trinajstić information content (AvgIpc) is 2.78. The summed E-state index contributed by atoms with van der Waals surface area (Å²) in [7, 11) is 0. The van der Waals surface area contributed by atoms with Crippen LogP contribution in [-0.2, 0) is 14.3 Å². The van der Waals surface area contributed by atoms with E-state index in [-0.39, 0.29) is 6.04 Å². The predicted molar refractivity (Wildman–Crippen MR) is 110 cm³/mol. The van der Waals surface area contributed by atoms with Gasteiger partial charge in [0.2, 0.25) is 0 Å². The Labute approximate surface area is 174 Å². The second-order valence-electron chi connectivity index (χ2n) is 6.64. The second-order valence-corrected chi connectivity index (χ2v) is 6.64. The van der Waals surface area contributed by atoms with E-state index in [4.69, 9.17) is 9.47 Å². The van der Waals surface area contributed by atoms with Crippen LogP contribution in [0, 0.1) is 5.82 Å². The van der Waals surface area contributed by atoms with Gasteiger partial charge in [-0.25, -0.2) is 9.18 Å². The van der Waals surface area contributed by atoms with Crippen molar-refractivity contribution in [3.63, 3.8) is 0 Å². The van der Waals surface area contributed by atoms with Gasteiger partial charge in [-0.1, -0.05) is 60.7 Å². The van der Waals surface area contributed by atoms with Crippen LogP contribution in [0.4, 0.5) is 4.39 Å². The van der Waals surface area contributed by atoms with E-state index >= 15 is 0 Å². The van der Waals surface area contributed by atoms with Crippen molar-refractivity contribution >= 4 is 11.9 Å². The van der Waals surface area contributed by atoms with Crippen molar-refractivity contribution in [2.75, 3.05) is 6.61 Å². The second kappa shape index (κ2) is 10.2. The molecule has 3 rings (SSSR count). The van der Waals surface area contributed by atoms with Gasteiger partial charge in [-0.15, -0.1) is 0 Å².